The summed E-state index contributed by atoms with van der Waals surface area (Å²) in [6.45, 7) is -1.57. The molecule has 0 aromatic carbocycles. The molecule has 0 aliphatic heterocycles. The summed E-state index contributed by atoms with van der Waals surface area (Å²) in [5, 5.41) is 0. The Hall–Kier alpha value is -2.63. The lowest BCUT2D eigenvalue weighted by atomic mass is 9.89. The third kappa shape index (κ3) is 4.27. The van der Waals surface area contributed by atoms with E-state index in [1.165, 1.54) is 0 Å². The molecular formula is C15H8F15NO3. The number of carbonyl (C=O) groups is 2. The van der Waals surface area contributed by atoms with E-state index < -0.39 is 66.5 Å². The number of hydrogen-bond donors (Lipinski definition) is 1. The smallest absolute Gasteiger partial charge is 0.460 e. The molecule has 0 fully saturated rings. The monoisotopic (exact) mass is 535 g/mol. The zero-order chi connectivity index (χ0) is 27.2. The van der Waals surface area contributed by atoms with Crippen LogP contribution < -0.4 is 0 Å². The van der Waals surface area contributed by atoms with Gasteiger partial charge in [-0.05, 0) is 6.07 Å². The van der Waals surface area contributed by atoms with Crippen molar-refractivity contribution in [3.63, 3.8) is 0 Å². The van der Waals surface area contributed by atoms with Crippen molar-refractivity contribution in [1.29, 1.82) is 0 Å². The van der Waals surface area contributed by atoms with Crippen molar-refractivity contribution >= 4 is 11.8 Å². The molecule has 34 heavy (non-hydrogen) atoms. The van der Waals surface area contributed by atoms with E-state index in [0.29, 0.717) is 0 Å². The lowest BCUT2D eigenvalue weighted by Gasteiger charge is -2.41. The van der Waals surface area contributed by atoms with Crippen LogP contribution in [-0.2, 0) is 9.53 Å². The molecule has 0 atom stereocenters. The predicted molar refractivity (Wildman–Crippen MR) is 76.4 cm³/mol. The first kappa shape index (κ1) is 29.4. The molecule has 0 aliphatic rings. The Morgan fingerprint density at radius 3 is 1.56 bits per heavy atom. The zero-order valence-electron chi connectivity index (χ0n) is 15.5. The fourth-order valence-corrected chi connectivity index (χ4v) is 2.07. The second-order valence-electron chi connectivity index (χ2n) is 6.35. The highest BCUT2D eigenvalue weighted by Crippen LogP contribution is 2.62. The van der Waals surface area contributed by atoms with Gasteiger partial charge in [-0.1, -0.05) is 0 Å². The van der Waals surface area contributed by atoms with E-state index in [4.69, 9.17) is 0 Å². The van der Waals surface area contributed by atoms with Crippen molar-refractivity contribution in [3.05, 3.63) is 24.0 Å². The maximum absolute atomic E-state index is 13.6. The summed E-state index contributed by atoms with van der Waals surface area (Å²) in [5.74, 6) is -53.1. The first-order valence-corrected chi connectivity index (χ1v) is 8.08. The lowest BCUT2D eigenvalue weighted by molar-refractivity contribution is -0.449. The quantitative estimate of drug-likeness (QED) is 0.318. The summed E-state index contributed by atoms with van der Waals surface area (Å²) in [6.07, 6.45) is -7.77. The molecule has 1 rings (SSSR count). The summed E-state index contributed by atoms with van der Waals surface area (Å²) in [7, 11) is 0. The summed E-state index contributed by atoms with van der Waals surface area (Å²) in [4.78, 5) is 24.9. The number of aromatic nitrogens is 1. The minimum absolute atomic E-state index is 0.330. The Kier molecular flexibility index (Phi) is 7.39. The average Bonchev–Trinajstić information content (AvgIpc) is 3.20. The Morgan fingerprint density at radius 1 is 0.706 bits per heavy atom. The van der Waals surface area contributed by atoms with Crippen LogP contribution in [0.5, 0.6) is 0 Å². The molecule has 0 saturated heterocycles. The number of aromatic amines is 1. The minimum Gasteiger partial charge on any atom is -0.462 e. The number of ether oxygens (including phenoxy) is 1. The summed E-state index contributed by atoms with van der Waals surface area (Å²) < 4.78 is 200. The van der Waals surface area contributed by atoms with Crippen LogP contribution in [0.4, 0.5) is 65.9 Å². The number of halogens is 15. The normalized spacial score (nSPS) is 14.8. The summed E-state index contributed by atoms with van der Waals surface area (Å²) >= 11 is 0. The van der Waals surface area contributed by atoms with E-state index in [1.807, 2.05) is 0 Å². The van der Waals surface area contributed by atoms with Gasteiger partial charge in [-0.25, -0.2) is 4.79 Å². The van der Waals surface area contributed by atoms with Crippen LogP contribution in [0.15, 0.2) is 18.5 Å². The highest BCUT2D eigenvalue weighted by molar-refractivity contribution is 5.90. The summed E-state index contributed by atoms with van der Waals surface area (Å²) in [5.41, 5.74) is -0.330. The minimum atomic E-state index is -8.48. The predicted octanol–water partition coefficient (Wildman–Crippen LogP) is 5.50. The number of nitrogens with one attached hydrogen (secondary N) is 1. The third-order valence-electron chi connectivity index (χ3n) is 4.07. The van der Waals surface area contributed by atoms with Crippen molar-refractivity contribution in [2.75, 3.05) is 6.61 Å². The topological polar surface area (TPSA) is 59.2 Å². The molecule has 4 nitrogen and oxygen atoms in total. The molecular weight excluding hydrogens is 527 g/mol. The number of carbonyl (C=O) groups excluding carboxylic acids is 2. The van der Waals surface area contributed by atoms with E-state index >= 15 is 0 Å². The molecule has 0 unspecified atom stereocenters. The molecule has 0 spiro atoms. The number of alkyl halides is 15. The Bertz CT molecular complexity index is 889. The van der Waals surface area contributed by atoms with Crippen molar-refractivity contribution < 1.29 is 80.2 Å². The van der Waals surface area contributed by atoms with Crippen LogP contribution in [0.3, 0.4) is 0 Å². The van der Waals surface area contributed by atoms with E-state index in [1.54, 1.807) is 0 Å². The van der Waals surface area contributed by atoms with Gasteiger partial charge in [0.1, 0.15) is 0 Å². The standard InChI is InChI=1S/C15H8F15NO3/c16-9(17,7(32)2-4-34-8(33)6-1-3-31-5-6)10(18,19)11(20,21)12(22,23)13(24,25)14(26,27)15(28,29)30/h1,3,5,31H,2,4H2. The zero-order valence-corrected chi connectivity index (χ0v) is 15.5. The maximum Gasteiger partial charge on any atom is 0.460 e. The van der Waals surface area contributed by atoms with Crippen LogP contribution in [0.25, 0.3) is 0 Å². The van der Waals surface area contributed by atoms with Gasteiger partial charge in [0.25, 0.3) is 0 Å². The van der Waals surface area contributed by atoms with Crippen LogP contribution in [-0.4, -0.2) is 65.1 Å². The van der Waals surface area contributed by atoms with Crippen molar-refractivity contribution in [1.82, 2.24) is 4.98 Å². The molecule has 1 aromatic heterocycles. The number of rotatable bonds is 10. The molecule has 1 aromatic rings. The molecule has 0 saturated carbocycles. The van der Waals surface area contributed by atoms with E-state index in [-0.39, 0.29) is 5.56 Å². The van der Waals surface area contributed by atoms with Gasteiger partial charge in [0, 0.05) is 18.8 Å². The number of Topliss-reactive ketones (excluding diaryl/α,β-unsaturated/α-hetero) is 1. The van der Waals surface area contributed by atoms with Crippen LogP contribution in [0, 0.1) is 0 Å². The second kappa shape index (κ2) is 8.54. The third-order valence-corrected chi connectivity index (χ3v) is 4.07. The van der Waals surface area contributed by atoms with E-state index in [0.717, 1.165) is 18.5 Å². The van der Waals surface area contributed by atoms with E-state index in [2.05, 4.69) is 9.72 Å². The van der Waals surface area contributed by atoms with Crippen LogP contribution >= 0.6 is 0 Å². The molecule has 0 amide bonds. The molecule has 1 N–H and O–H groups in total. The van der Waals surface area contributed by atoms with Gasteiger partial charge in [-0.2, -0.15) is 65.9 Å². The van der Waals surface area contributed by atoms with Gasteiger partial charge in [-0.15, -0.1) is 0 Å². The van der Waals surface area contributed by atoms with Crippen molar-refractivity contribution in [3.8, 4) is 0 Å². The summed E-state index contributed by atoms with van der Waals surface area (Å²) in [6, 6.07) is 1.01. The Labute approximate surface area is 177 Å². The van der Waals surface area contributed by atoms with Gasteiger partial charge < -0.3 is 9.72 Å². The average molecular weight is 535 g/mol. The van der Waals surface area contributed by atoms with Gasteiger partial charge in [0.05, 0.1) is 12.2 Å². The van der Waals surface area contributed by atoms with Crippen LogP contribution in [0.1, 0.15) is 16.8 Å². The first-order chi connectivity index (χ1) is 14.9. The van der Waals surface area contributed by atoms with Crippen molar-refractivity contribution in [2.24, 2.45) is 0 Å². The number of esters is 1. The van der Waals surface area contributed by atoms with Crippen molar-refractivity contribution in [2.45, 2.75) is 48.1 Å². The largest absolute Gasteiger partial charge is 0.462 e. The number of H-pyrrole nitrogens is 1. The fourth-order valence-electron chi connectivity index (χ4n) is 2.07. The molecule has 0 bridgehead atoms. The molecule has 19 heteroatoms. The molecule has 196 valence electrons. The van der Waals surface area contributed by atoms with Gasteiger partial charge in [-0.3, -0.25) is 4.79 Å². The highest BCUT2D eigenvalue weighted by Gasteiger charge is 2.93. The Balaban J connectivity index is 3.22. The first-order valence-electron chi connectivity index (χ1n) is 8.08. The second-order valence-corrected chi connectivity index (χ2v) is 6.35. The van der Waals surface area contributed by atoms with Gasteiger partial charge >= 0.3 is 47.7 Å². The fraction of sp³-hybridized carbons (Fsp3) is 0.600. The molecule has 0 aliphatic carbocycles. The Morgan fingerprint density at radius 2 is 1.15 bits per heavy atom. The highest BCUT2D eigenvalue weighted by atomic mass is 19.4. The van der Waals surface area contributed by atoms with Crippen LogP contribution in [0.2, 0.25) is 0 Å². The van der Waals surface area contributed by atoms with Gasteiger partial charge in [0.2, 0.25) is 5.78 Å². The lowest BCUT2D eigenvalue weighted by Crippen LogP contribution is -2.73. The molecule has 1 heterocycles. The molecule has 0 radical (unpaired) electrons. The number of hydrogen-bond acceptors (Lipinski definition) is 3. The SMILES string of the molecule is O=C(OCCC(=O)C(F)(F)C(F)(F)C(F)(F)C(F)(F)C(F)(F)C(F)(F)C(F)(F)F)c1cc[nH]c1. The maximum atomic E-state index is 13.6. The van der Waals surface area contributed by atoms with E-state index in [9.17, 15) is 75.4 Å². The van der Waals surface area contributed by atoms with Gasteiger partial charge in [0.15, 0.2) is 0 Å². The number of ketones is 1.